The van der Waals surface area contributed by atoms with Crippen molar-refractivity contribution in [2.75, 3.05) is 6.54 Å². The lowest BCUT2D eigenvalue weighted by Crippen LogP contribution is -2.26. The van der Waals surface area contributed by atoms with E-state index in [1.54, 1.807) is 6.92 Å². The van der Waals surface area contributed by atoms with E-state index in [2.05, 4.69) is 10.3 Å². The number of carbonyl (C=O) groups excluding carboxylic acids is 1. The Morgan fingerprint density at radius 1 is 1.47 bits per heavy atom. The molecule has 0 bridgehead atoms. The van der Waals surface area contributed by atoms with Crippen LogP contribution in [0.1, 0.15) is 35.8 Å². The molecule has 0 spiro atoms. The molecule has 106 valence electrons. The largest absolute Gasteiger partial charge is 0.417 e. The van der Waals surface area contributed by atoms with E-state index in [1.165, 1.54) is 0 Å². The number of rotatable bonds is 5. The second-order valence-corrected chi connectivity index (χ2v) is 4.18. The van der Waals surface area contributed by atoms with Crippen molar-refractivity contribution in [3.05, 3.63) is 29.6 Å². The normalized spacial score (nSPS) is 13.1. The Morgan fingerprint density at radius 3 is 2.63 bits per heavy atom. The summed E-state index contributed by atoms with van der Waals surface area (Å²) in [5.74, 6) is -0.528. The van der Waals surface area contributed by atoms with Gasteiger partial charge in [-0.2, -0.15) is 13.2 Å². The maximum Gasteiger partial charge on any atom is 0.417 e. The number of aliphatic hydroxyl groups is 1. The van der Waals surface area contributed by atoms with Gasteiger partial charge < -0.3 is 10.4 Å². The Kier molecular flexibility index (Phi) is 5.29. The molecule has 1 rings (SSSR count). The summed E-state index contributed by atoms with van der Waals surface area (Å²) in [4.78, 5) is 15.0. The highest BCUT2D eigenvalue weighted by atomic mass is 19.4. The topological polar surface area (TPSA) is 62.2 Å². The van der Waals surface area contributed by atoms with Crippen LogP contribution in [-0.4, -0.2) is 28.6 Å². The molecule has 1 aromatic rings. The molecule has 1 heterocycles. The summed E-state index contributed by atoms with van der Waals surface area (Å²) in [6, 6.07) is 1.85. The minimum atomic E-state index is -4.46. The molecular formula is C12H15F3N2O2. The predicted octanol–water partition coefficient (Wildman–Crippen LogP) is 1.99. The van der Waals surface area contributed by atoms with Gasteiger partial charge in [0.2, 0.25) is 0 Å². The van der Waals surface area contributed by atoms with E-state index < -0.39 is 23.8 Å². The number of amides is 1. The van der Waals surface area contributed by atoms with Gasteiger partial charge in [0.05, 0.1) is 11.7 Å². The van der Waals surface area contributed by atoms with Crippen LogP contribution in [0, 0.1) is 0 Å². The number of pyridine rings is 1. The molecule has 4 nitrogen and oxygen atoms in total. The van der Waals surface area contributed by atoms with Crippen molar-refractivity contribution in [1.29, 1.82) is 0 Å². The van der Waals surface area contributed by atoms with Crippen molar-refractivity contribution >= 4 is 5.91 Å². The number of nitrogens with zero attached hydrogens (tertiary/aromatic N) is 1. The fourth-order valence-corrected chi connectivity index (χ4v) is 1.39. The Morgan fingerprint density at radius 2 is 2.16 bits per heavy atom. The highest BCUT2D eigenvalue weighted by Gasteiger charge is 2.30. The Bertz CT molecular complexity index is 416. The average Bonchev–Trinajstić information content (AvgIpc) is 2.33. The lowest BCUT2D eigenvalue weighted by molar-refractivity contribution is -0.137. The summed E-state index contributed by atoms with van der Waals surface area (Å²) < 4.78 is 36.8. The molecule has 1 aromatic heterocycles. The van der Waals surface area contributed by atoms with E-state index in [4.69, 9.17) is 5.11 Å². The molecule has 7 heteroatoms. The predicted molar refractivity (Wildman–Crippen MR) is 62.5 cm³/mol. The smallest absolute Gasteiger partial charge is 0.393 e. The fraction of sp³-hybridized carbons (Fsp3) is 0.500. The van der Waals surface area contributed by atoms with Crippen molar-refractivity contribution in [2.45, 2.75) is 32.0 Å². The van der Waals surface area contributed by atoms with Crippen molar-refractivity contribution in [2.24, 2.45) is 0 Å². The van der Waals surface area contributed by atoms with Crippen LogP contribution in [0.3, 0.4) is 0 Å². The van der Waals surface area contributed by atoms with E-state index >= 15 is 0 Å². The molecule has 19 heavy (non-hydrogen) atoms. The molecule has 1 amide bonds. The quantitative estimate of drug-likeness (QED) is 0.808. The van der Waals surface area contributed by atoms with Crippen LogP contribution >= 0.6 is 0 Å². The first-order valence-electron chi connectivity index (χ1n) is 5.80. The van der Waals surface area contributed by atoms with E-state index in [-0.39, 0.29) is 5.69 Å². The van der Waals surface area contributed by atoms with Gasteiger partial charge in [0, 0.05) is 12.7 Å². The highest BCUT2D eigenvalue weighted by Crippen LogP contribution is 2.28. The van der Waals surface area contributed by atoms with Gasteiger partial charge in [-0.3, -0.25) is 9.78 Å². The number of aromatic nitrogens is 1. The summed E-state index contributed by atoms with van der Waals surface area (Å²) >= 11 is 0. The van der Waals surface area contributed by atoms with Gasteiger partial charge >= 0.3 is 6.18 Å². The Hall–Kier alpha value is -1.63. The first-order chi connectivity index (χ1) is 8.80. The summed E-state index contributed by atoms with van der Waals surface area (Å²) in [5, 5.41) is 11.5. The van der Waals surface area contributed by atoms with Crippen LogP contribution in [0.5, 0.6) is 0 Å². The van der Waals surface area contributed by atoms with Crippen LogP contribution in [0.15, 0.2) is 18.3 Å². The van der Waals surface area contributed by atoms with E-state index in [1.807, 2.05) is 0 Å². The number of aliphatic hydroxyl groups excluding tert-OH is 1. The van der Waals surface area contributed by atoms with Crippen molar-refractivity contribution in [3.8, 4) is 0 Å². The summed E-state index contributed by atoms with van der Waals surface area (Å²) in [6.07, 6.45) is -3.14. The molecule has 0 aromatic carbocycles. The molecule has 1 unspecified atom stereocenters. The van der Waals surface area contributed by atoms with E-state index in [0.717, 1.165) is 12.1 Å². The Labute approximate surface area is 108 Å². The van der Waals surface area contributed by atoms with Gasteiger partial charge in [0.15, 0.2) is 0 Å². The second kappa shape index (κ2) is 6.51. The van der Waals surface area contributed by atoms with Crippen molar-refractivity contribution < 1.29 is 23.1 Å². The zero-order valence-corrected chi connectivity index (χ0v) is 10.4. The number of hydrogen-bond acceptors (Lipinski definition) is 3. The van der Waals surface area contributed by atoms with Gasteiger partial charge in [-0.15, -0.1) is 0 Å². The molecule has 0 aliphatic carbocycles. The highest BCUT2D eigenvalue weighted by molar-refractivity contribution is 5.92. The van der Waals surface area contributed by atoms with Crippen molar-refractivity contribution in [3.63, 3.8) is 0 Å². The molecule has 0 aliphatic heterocycles. The number of carbonyl (C=O) groups is 1. The lowest BCUT2D eigenvalue weighted by Gasteiger charge is -2.08. The standard InChI is InChI=1S/C12H15F3N2O2/c1-8(18)3-2-6-16-11(19)10-5-4-9(7-17-10)12(13,14)15/h4-5,7-8,18H,2-3,6H2,1H3,(H,16,19). The van der Waals surface area contributed by atoms with Crippen LogP contribution in [0.4, 0.5) is 13.2 Å². The molecule has 0 fully saturated rings. The van der Waals surface area contributed by atoms with Crippen molar-refractivity contribution in [1.82, 2.24) is 10.3 Å². The minimum absolute atomic E-state index is 0.0648. The molecule has 0 saturated carbocycles. The molecule has 1 atom stereocenters. The van der Waals surface area contributed by atoms with Gasteiger partial charge in [-0.25, -0.2) is 0 Å². The minimum Gasteiger partial charge on any atom is -0.393 e. The van der Waals surface area contributed by atoms with E-state index in [9.17, 15) is 18.0 Å². The number of hydrogen-bond donors (Lipinski definition) is 2. The SMILES string of the molecule is CC(O)CCCNC(=O)c1ccc(C(F)(F)F)cn1. The third kappa shape index (κ3) is 5.25. The number of nitrogens with one attached hydrogen (secondary N) is 1. The molecular weight excluding hydrogens is 261 g/mol. The zero-order valence-electron chi connectivity index (χ0n) is 10.4. The monoisotopic (exact) mass is 276 g/mol. The van der Waals surface area contributed by atoms with Crippen LogP contribution in [0.2, 0.25) is 0 Å². The first kappa shape index (κ1) is 15.4. The third-order valence-electron chi connectivity index (χ3n) is 2.41. The fourth-order valence-electron chi connectivity index (χ4n) is 1.39. The van der Waals surface area contributed by atoms with E-state index in [0.29, 0.717) is 25.6 Å². The van der Waals surface area contributed by atoms with Gasteiger partial charge in [0.1, 0.15) is 5.69 Å². The van der Waals surface area contributed by atoms with Crippen LogP contribution < -0.4 is 5.32 Å². The summed E-state index contributed by atoms with van der Waals surface area (Å²) in [6.45, 7) is 1.98. The lowest BCUT2D eigenvalue weighted by atomic mass is 10.2. The van der Waals surface area contributed by atoms with Crippen LogP contribution in [-0.2, 0) is 6.18 Å². The maximum atomic E-state index is 12.3. The van der Waals surface area contributed by atoms with Gasteiger partial charge in [0.25, 0.3) is 5.91 Å². The molecule has 2 N–H and O–H groups in total. The van der Waals surface area contributed by atoms with Gasteiger partial charge in [-0.1, -0.05) is 0 Å². The Balaban J connectivity index is 2.49. The number of halogens is 3. The summed E-state index contributed by atoms with van der Waals surface area (Å²) in [5.41, 5.74) is -0.955. The zero-order chi connectivity index (χ0) is 14.5. The van der Waals surface area contributed by atoms with Gasteiger partial charge in [-0.05, 0) is 31.9 Å². The average molecular weight is 276 g/mol. The first-order valence-corrected chi connectivity index (χ1v) is 5.80. The maximum absolute atomic E-state index is 12.3. The molecule has 0 radical (unpaired) electrons. The molecule has 0 saturated heterocycles. The van der Waals surface area contributed by atoms with Crippen LogP contribution in [0.25, 0.3) is 0 Å². The third-order valence-corrected chi connectivity index (χ3v) is 2.41. The summed E-state index contributed by atoms with van der Waals surface area (Å²) in [7, 11) is 0. The number of alkyl halides is 3. The molecule has 0 aliphatic rings. The second-order valence-electron chi connectivity index (χ2n) is 4.18.